The van der Waals surface area contributed by atoms with Gasteiger partial charge in [0.2, 0.25) is 5.78 Å². The molecule has 0 aliphatic rings. The van der Waals surface area contributed by atoms with Gasteiger partial charge in [-0.25, -0.2) is 0 Å². The van der Waals surface area contributed by atoms with E-state index >= 15 is 0 Å². The highest BCUT2D eigenvalue weighted by molar-refractivity contribution is 7.14. The molecule has 0 spiro atoms. The van der Waals surface area contributed by atoms with Gasteiger partial charge in [0.25, 0.3) is 0 Å². The number of rotatable bonds is 4. The van der Waals surface area contributed by atoms with Gasteiger partial charge in [0, 0.05) is 4.88 Å². The van der Waals surface area contributed by atoms with E-state index in [2.05, 4.69) is 0 Å². The Morgan fingerprint density at radius 3 is 2.84 bits per heavy atom. The molecule has 0 fully saturated rings. The van der Waals surface area contributed by atoms with Crippen molar-refractivity contribution in [2.75, 3.05) is 6.61 Å². The third-order valence-electron chi connectivity index (χ3n) is 2.46. The highest BCUT2D eigenvalue weighted by Crippen LogP contribution is 2.25. The molecule has 5 heteroatoms. The molecule has 0 aliphatic heterocycles. The van der Waals surface area contributed by atoms with Crippen molar-refractivity contribution >= 4 is 28.7 Å². The van der Waals surface area contributed by atoms with Crippen molar-refractivity contribution in [3.05, 3.63) is 50.7 Å². The van der Waals surface area contributed by atoms with Gasteiger partial charge in [0.05, 0.1) is 9.90 Å². The normalized spacial score (nSPS) is 9.95. The third-order valence-corrected chi connectivity index (χ3v) is 3.82. The molecule has 19 heavy (non-hydrogen) atoms. The van der Waals surface area contributed by atoms with Gasteiger partial charge in [0.1, 0.15) is 17.4 Å². The van der Waals surface area contributed by atoms with Gasteiger partial charge >= 0.3 is 0 Å². The molecule has 0 atom stereocenters. The van der Waals surface area contributed by atoms with E-state index in [4.69, 9.17) is 21.6 Å². The topological polar surface area (TPSA) is 50.1 Å². The molecule has 1 aromatic carbocycles. The molecule has 2 aromatic rings. The summed E-state index contributed by atoms with van der Waals surface area (Å²) in [6, 6.07) is 10.5. The highest BCUT2D eigenvalue weighted by atomic mass is 35.5. The first kappa shape index (κ1) is 13.6. The Morgan fingerprint density at radius 2 is 2.21 bits per heavy atom. The van der Waals surface area contributed by atoms with Crippen molar-refractivity contribution in [1.29, 1.82) is 5.26 Å². The maximum absolute atomic E-state index is 11.9. The molecule has 0 N–H and O–H groups in total. The first-order valence-electron chi connectivity index (χ1n) is 5.53. The van der Waals surface area contributed by atoms with Crippen molar-refractivity contribution in [2.45, 2.75) is 6.92 Å². The summed E-state index contributed by atoms with van der Waals surface area (Å²) in [4.78, 5) is 13.6. The second kappa shape index (κ2) is 5.87. The highest BCUT2D eigenvalue weighted by Gasteiger charge is 2.12. The van der Waals surface area contributed by atoms with E-state index in [1.54, 1.807) is 24.3 Å². The Hall–Kier alpha value is -1.83. The monoisotopic (exact) mass is 291 g/mol. The number of ether oxygens (including phenoxy) is 1. The first-order chi connectivity index (χ1) is 9.11. The Morgan fingerprint density at radius 1 is 1.42 bits per heavy atom. The van der Waals surface area contributed by atoms with Gasteiger partial charge in [-0.05, 0) is 31.2 Å². The number of nitrogens with zero attached hydrogens (tertiary/aromatic N) is 1. The standard InChI is InChI=1S/C14H10ClNO2S/c1-9-5-6-14(19-9)12(17)8-18-13-4-2-3-11(15)10(13)7-16/h2-6H,8H2,1H3. The van der Waals surface area contributed by atoms with Crippen LogP contribution in [0.3, 0.4) is 0 Å². The number of Topliss-reactive ketones (excluding diaryl/α,β-unsaturated/α-hetero) is 1. The van der Waals surface area contributed by atoms with Gasteiger partial charge in [-0.1, -0.05) is 17.7 Å². The summed E-state index contributed by atoms with van der Waals surface area (Å²) in [5.41, 5.74) is 0.249. The number of benzene rings is 1. The molecule has 3 nitrogen and oxygen atoms in total. The number of aryl methyl sites for hydroxylation is 1. The Balaban J connectivity index is 2.10. The molecule has 1 aromatic heterocycles. The number of thiophene rings is 1. The molecule has 2 rings (SSSR count). The van der Waals surface area contributed by atoms with Crippen LogP contribution in [0.5, 0.6) is 5.75 Å². The molecule has 0 radical (unpaired) electrons. The zero-order chi connectivity index (χ0) is 13.8. The molecule has 0 saturated carbocycles. The number of carbonyl (C=O) groups is 1. The zero-order valence-electron chi connectivity index (χ0n) is 10.1. The number of ketones is 1. The van der Waals surface area contributed by atoms with Crippen LogP contribution >= 0.6 is 22.9 Å². The second-order valence-electron chi connectivity index (χ2n) is 3.85. The van der Waals surface area contributed by atoms with Gasteiger partial charge in [-0.15, -0.1) is 11.3 Å². The van der Waals surface area contributed by atoms with Crippen LogP contribution in [0.1, 0.15) is 20.1 Å². The molecule has 0 aliphatic carbocycles. The summed E-state index contributed by atoms with van der Waals surface area (Å²) in [7, 11) is 0. The van der Waals surface area contributed by atoms with E-state index in [-0.39, 0.29) is 18.0 Å². The van der Waals surface area contributed by atoms with Crippen molar-refractivity contribution in [2.24, 2.45) is 0 Å². The lowest BCUT2D eigenvalue weighted by Crippen LogP contribution is -2.10. The van der Waals surface area contributed by atoms with E-state index in [0.29, 0.717) is 15.6 Å². The van der Waals surface area contributed by atoms with Gasteiger partial charge in [-0.2, -0.15) is 5.26 Å². The Labute approximate surface area is 120 Å². The molecule has 0 saturated heterocycles. The summed E-state index contributed by atoms with van der Waals surface area (Å²) < 4.78 is 5.38. The molecular formula is C14H10ClNO2S. The van der Waals surface area contributed by atoms with Crippen molar-refractivity contribution in [3.8, 4) is 11.8 Å². The molecular weight excluding hydrogens is 282 g/mol. The lowest BCUT2D eigenvalue weighted by molar-refractivity contribution is 0.0925. The van der Waals surface area contributed by atoms with E-state index in [9.17, 15) is 4.79 Å². The summed E-state index contributed by atoms with van der Waals surface area (Å²) >= 11 is 7.30. The Kier molecular flexibility index (Phi) is 4.20. The minimum Gasteiger partial charge on any atom is -0.484 e. The largest absolute Gasteiger partial charge is 0.484 e. The fraction of sp³-hybridized carbons (Fsp3) is 0.143. The van der Waals surface area contributed by atoms with E-state index < -0.39 is 0 Å². The molecule has 0 amide bonds. The van der Waals surface area contributed by atoms with Crippen LogP contribution in [0, 0.1) is 18.3 Å². The smallest absolute Gasteiger partial charge is 0.210 e. The lowest BCUT2D eigenvalue weighted by atomic mass is 10.2. The van der Waals surface area contributed by atoms with Crippen LogP contribution in [0.15, 0.2) is 30.3 Å². The van der Waals surface area contributed by atoms with Crippen LogP contribution < -0.4 is 4.74 Å². The average Bonchev–Trinajstić information content (AvgIpc) is 2.83. The molecule has 96 valence electrons. The summed E-state index contributed by atoms with van der Waals surface area (Å²) in [5, 5.41) is 9.31. The van der Waals surface area contributed by atoms with Crippen LogP contribution in [-0.2, 0) is 0 Å². The minimum absolute atomic E-state index is 0.102. The quantitative estimate of drug-likeness (QED) is 0.804. The number of nitriles is 1. The van der Waals surface area contributed by atoms with Crippen molar-refractivity contribution < 1.29 is 9.53 Å². The summed E-state index contributed by atoms with van der Waals surface area (Å²) in [5.74, 6) is 0.221. The molecule has 0 bridgehead atoms. The average molecular weight is 292 g/mol. The maximum atomic E-state index is 11.9. The van der Waals surface area contributed by atoms with E-state index in [1.807, 2.05) is 19.1 Å². The Bertz CT molecular complexity index is 658. The molecule has 0 unspecified atom stereocenters. The predicted molar refractivity (Wildman–Crippen MR) is 75.0 cm³/mol. The van der Waals surface area contributed by atoms with Gasteiger partial charge < -0.3 is 4.74 Å². The summed E-state index contributed by atoms with van der Waals surface area (Å²) in [6.45, 7) is 1.84. The van der Waals surface area contributed by atoms with Crippen molar-refractivity contribution in [1.82, 2.24) is 0 Å². The number of carbonyl (C=O) groups excluding carboxylic acids is 1. The molecule has 1 heterocycles. The predicted octanol–water partition coefficient (Wildman–Crippen LogP) is 3.84. The zero-order valence-corrected chi connectivity index (χ0v) is 11.7. The van der Waals surface area contributed by atoms with Gasteiger partial charge in [0.15, 0.2) is 6.61 Å². The maximum Gasteiger partial charge on any atom is 0.210 e. The van der Waals surface area contributed by atoms with Crippen molar-refractivity contribution in [3.63, 3.8) is 0 Å². The third kappa shape index (κ3) is 3.14. The van der Waals surface area contributed by atoms with Crippen LogP contribution in [0.2, 0.25) is 5.02 Å². The fourth-order valence-electron chi connectivity index (χ4n) is 1.53. The van der Waals surface area contributed by atoms with Crippen LogP contribution in [-0.4, -0.2) is 12.4 Å². The van der Waals surface area contributed by atoms with Crippen LogP contribution in [0.4, 0.5) is 0 Å². The summed E-state index contributed by atoms with van der Waals surface area (Å²) in [6.07, 6.45) is 0. The number of halogens is 1. The van der Waals surface area contributed by atoms with E-state index in [0.717, 1.165) is 4.88 Å². The second-order valence-corrected chi connectivity index (χ2v) is 5.54. The van der Waals surface area contributed by atoms with Gasteiger partial charge in [-0.3, -0.25) is 4.79 Å². The number of hydrogen-bond acceptors (Lipinski definition) is 4. The first-order valence-corrected chi connectivity index (χ1v) is 6.72. The fourth-order valence-corrected chi connectivity index (χ4v) is 2.53. The van der Waals surface area contributed by atoms with E-state index in [1.165, 1.54) is 11.3 Å². The minimum atomic E-state index is -0.109. The number of hydrogen-bond donors (Lipinski definition) is 0. The SMILES string of the molecule is Cc1ccc(C(=O)COc2cccc(Cl)c2C#N)s1. The van der Waals surface area contributed by atoms with Crippen LogP contribution in [0.25, 0.3) is 0 Å². The lowest BCUT2D eigenvalue weighted by Gasteiger charge is -2.07.